The summed E-state index contributed by atoms with van der Waals surface area (Å²) in [6, 6.07) is 7.72. The predicted molar refractivity (Wildman–Crippen MR) is 95.1 cm³/mol. The Balaban J connectivity index is 2.17. The Labute approximate surface area is 150 Å². The predicted octanol–water partition coefficient (Wildman–Crippen LogP) is 2.86. The van der Waals surface area contributed by atoms with Gasteiger partial charge in [0.15, 0.2) is 11.5 Å². The Hall–Kier alpha value is -3.29. The largest absolute Gasteiger partial charge is 0.493 e. The molecule has 26 heavy (non-hydrogen) atoms. The number of amides is 1. The van der Waals surface area contributed by atoms with Crippen molar-refractivity contribution in [3.05, 3.63) is 57.1 Å². The van der Waals surface area contributed by atoms with Crippen LogP contribution in [-0.2, 0) is 6.54 Å². The van der Waals surface area contributed by atoms with Gasteiger partial charge in [0.25, 0.3) is 11.6 Å². The van der Waals surface area contributed by atoms with Crippen molar-refractivity contribution < 1.29 is 23.9 Å². The molecular formula is C18H20N2O6. The number of hydrogen-bond donors (Lipinski definition) is 1. The molecule has 0 bridgehead atoms. The summed E-state index contributed by atoms with van der Waals surface area (Å²) in [5.74, 6) is 1.11. The zero-order valence-corrected chi connectivity index (χ0v) is 15.0. The van der Waals surface area contributed by atoms with Crippen LogP contribution in [0.4, 0.5) is 5.69 Å². The minimum Gasteiger partial charge on any atom is -0.493 e. The van der Waals surface area contributed by atoms with Crippen molar-refractivity contribution in [3.8, 4) is 17.2 Å². The van der Waals surface area contributed by atoms with Crippen LogP contribution in [0, 0.1) is 17.0 Å². The minimum atomic E-state index is -0.479. The van der Waals surface area contributed by atoms with Crippen LogP contribution >= 0.6 is 0 Å². The lowest BCUT2D eigenvalue weighted by Gasteiger charge is -2.14. The van der Waals surface area contributed by atoms with E-state index >= 15 is 0 Å². The summed E-state index contributed by atoms with van der Waals surface area (Å²) >= 11 is 0. The van der Waals surface area contributed by atoms with E-state index in [1.807, 2.05) is 0 Å². The maximum absolute atomic E-state index is 12.3. The summed E-state index contributed by atoms with van der Waals surface area (Å²) in [5, 5.41) is 13.6. The second-order valence-corrected chi connectivity index (χ2v) is 5.47. The number of hydrogen-bond acceptors (Lipinski definition) is 6. The monoisotopic (exact) mass is 360 g/mol. The molecule has 0 radical (unpaired) electrons. The molecule has 1 N–H and O–H groups in total. The molecule has 8 heteroatoms. The highest BCUT2D eigenvalue weighted by atomic mass is 16.6. The molecule has 0 aromatic heterocycles. The van der Waals surface area contributed by atoms with E-state index in [0.29, 0.717) is 28.4 Å². The smallest absolute Gasteiger partial charge is 0.272 e. The molecule has 2 aromatic carbocycles. The van der Waals surface area contributed by atoms with Crippen molar-refractivity contribution in [2.45, 2.75) is 13.5 Å². The Bertz CT molecular complexity index is 809. The number of nitro groups is 1. The van der Waals surface area contributed by atoms with Gasteiger partial charge in [0.1, 0.15) is 0 Å². The summed E-state index contributed by atoms with van der Waals surface area (Å²) in [4.78, 5) is 22.7. The van der Waals surface area contributed by atoms with Gasteiger partial charge in [-0.1, -0.05) is 0 Å². The third kappa shape index (κ3) is 4.02. The summed E-state index contributed by atoms with van der Waals surface area (Å²) in [7, 11) is 4.54. The molecule has 1 amide bonds. The second-order valence-electron chi connectivity index (χ2n) is 5.47. The standard InChI is InChI=1S/C18H20N2O6/c1-11-7-13(5-6-14(11)20(22)23)18(21)19-10-12-8-15(24-2)17(26-4)16(9-12)25-3/h5-9H,10H2,1-4H3,(H,19,21). The number of nitro benzene ring substituents is 1. The van der Waals surface area contributed by atoms with E-state index in [4.69, 9.17) is 14.2 Å². The molecule has 0 spiro atoms. The summed E-state index contributed by atoms with van der Waals surface area (Å²) in [5.41, 5.74) is 1.51. The van der Waals surface area contributed by atoms with Crippen molar-refractivity contribution >= 4 is 11.6 Å². The van der Waals surface area contributed by atoms with Crippen LogP contribution < -0.4 is 19.5 Å². The van der Waals surface area contributed by atoms with E-state index in [1.54, 1.807) is 19.1 Å². The summed E-state index contributed by atoms with van der Waals surface area (Å²) in [6.07, 6.45) is 0. The van der Waals surface area contributed by atoms with Crippen molar-refractivity contribution in [2.75, 3.05) is 21.3 Å². The molecule has 2 rings (SSSR count). The van der Waals surface area contributed by atoms with Gasteiger partial charge < -0.3 is 19.5 Å². The number of carbonyl (C=O) groups is 1. The quantitative estimate of drug-likeness (QED) is 0.602. The Morgan fingerprint density at radius 2 is 1.69 bits per heavy atom. The van der Waals surface area contributed by atoms with Crippen LogP contribution in [0.2, 0.25) is 0 Å². The van der Waals surface area contributed by atoms with Crippen molar-refractivity contribution in [1.82, 2.24) is 5.32 Å². The number of benzene rings is 2. The lowest BCUT2D eigenvalue weighted by atomic mass is 10.1. The van der Waals surface area contributed by atoms with Crippen LogP contribution in [0.5, 0.6) is 17.2 Å². The van der Waals surface area contributed by atoms with Crippen molar-refractivity contribution in [1.29, 1.82) is 0 Å². The van der Waals surface area contributed by atoms with Crippen LogP contribution in [0.1, 0.15) is 21.5 Å². The van der Waals surface area contributed by atoms with Gasteiger partial charge in [-0.05, 0) is 36.8 Å². The highest BCUT2D eigenvalue weighted by Crippen LogP contribution is 2.38. The van der Waals surface area contributed by atoms with E-state index in [1.165, 1.54) is 39.5 Å². The van der Waals surface area contributed by atoms with Crippen LogP contribution in [-0.4, -0.2) is 32.2 Å². The Morgan fingerprint density at radius 1 is 1.08 bits per heavy atom. The molecule has 0 fully saturated rings. The number of carbonyl (C=O) groups excluding carboxylic acids is 1. The molecule has 138 valence electrons. The molecule has 0 unspecified atom stereocenters. The van der Waals surface area contributed by atoms with Crippen molar-refractivity contribution in [3.63, 3.8) is 0 Å². The van der Waals surface area contributed by atoms with E-state index < -0.39 is 4.92 Å². The first kappa shape index (κ1) is 19.0. The zero-order valence-electron chi connectivity index (χ0n) is 15.0. The molecular weight excluding hydrogens is 340 g/mol. The molecule has 0 atom stereocenters. The van der Waals surface area contributed by atoms with Gasteiger partial charge in [0.2, 0.25) is 5.75 Å². The van der Waals surface area contributed by atoms with Crippen LogP contribution in [0.25, 0.3) is 0 Å². The zero-order chi connectivity index (χ0) is 19.3. The van der Waals surface area contributed by atoms with E-state index in [-0.39, 0.29) is 18.1 Å². The fourth-order valence-electron chi connectivity index (χ4n) is 2.52. The number of methoxy groups -OCH3 is 3. The lowest BCUT2D eigenvalue weighted by Crippen LogP contribution is -2.23. The number of rotatable bonds is 7. The molecule has 0 heterocycles. The maximum atomic E-state index is 12.3. The Morgan fingerprint density at radius 3 is 2.15 bits per heavy atom. The number of aryl methyl sites for hydroxylation is 1. The molecule has 8 nitrogen and oxygen atoms in total. The van der Waals surface area contributed by atoms with Gasteiger partial charge in [0, 0.05) is 23.7 Å². The second kappa shape index (κ2) is 8.19. The van der Waals surface area contributed by atoms with Gasteiger partial charge in [-0.3, -0.25) is 14.9 Å². The average molecular weight is 360 g/mol. The normalized spacial score (nSPS) is 10.2. The average Bonchev–Trinajstić information content (AvgIpc) is 2.64. The fraction of sp³-hybridized carbons (Fsp3) is 0.278. The molecule has 2 aromatic rings. The molecule has 0 aliphatic heterocycles. The number of nitrogens with zero attached hydrogens (tertiary/aromatic N) is 1. The minimum absolute atomic E-state index is 0.0221. The molecule has 0 saturated carbocycles. The van der Waals surface area contributed by atoms with Gasteiger partial charge >= 0.3 is 0 Å². The van der Waals surface area contributed by atoms with Crippen LogP contribution in [0.3, 0.4) is 0 Å². The number of nitrogens with one attached hydrogen (secondary N) is 1. The molecule has 0 aliphatic rings. The van der Waals surface area contributed by atoms with E-state index in [0.717, 1.165) is 5.56 Å². The topological polar surface area (TPSA) is 99.9 Å². The third-order valence-corrected chi connectivity index (χ3v) is 3.83. The highest BCUT2D eigenvalue weighted by molar-refractivity contribution is 5.94. The van der Waals surface area contributed by atoms with Gasteiger partial charge in [-0.25, -0.2) is 0 Å². The van der Waals surface area contributed by atoms with Gasteiger partial charge in [-0.2, -0.15) is 0 Å². The first-order valence-electron chi connectivity index (χ1n) is 7.73. The fourth-order valence-corrected chi connectivity index (χ4v) is 2.52. The van der Waals surface area contributed by atoms with E-state index in [2.05, 4.69) is 5.32 Å². The van der Waals surface area contributed by atoms with Crippen molar-refractivity contribution in [2.24, 2.45) is 0 Å². The van der Waals surface area contributed by atoms with Crippen LogP contribution in [0.15, 0.2) is 30.3 Å². The first-order valence-corrected chi connectivity index (χ1v) is 7.73. The van der Waals surface area contributed by atoms with E-state index in [9.17, 15) is 14.9 Å². The van der Waals surface area contributed by atoms with Gasteiger partial charge in [-0.15, -0.1) is 0 Å². The first-order chi connectivity index (χ1) is 12.4. The SMILES string of the molecule is COc1cc(CNC(=O)c2ccc([N+](=O)[O-])c(C)c2)cc(OC)c1OC. The number of ether oxygens (including phenoxy) is 3. The third-order valence-electron chi connectivity index (χ3n) is 3.83. The summed E-state index contributed by atoms with van der Waals surface area (Å²) < 4.78 is 15.8. The maximum Gasteiger partial charge on any atom is 0.272 e. The van der Waals surface area contributed by atoms with Gasteiger partial charge in [0.05, 0.1) is 26.3 Å². The molecule has 0 aliphatic carbocycles. The Kier molecular flexibility index (Phi) is 6.00. The summed E-state index contributed by atoms with van der Waals surface area (Å²) in [6.45, 7) is 1.82. The lowest BCUT2D eigenvalue weighted by molar-refractivity contribution is -0.385. The highest BCUT2D eigenvalue weighted by Gasteiger charge is 2.16. The molecule has 0 saturated heterocycles.